The van der Waals surface area contributed by atoms with Crippen LogP contribution in [0.2, 0.25) is 10.0 Å². The van der Waals surface area contributed by atoms with E-state index in [0.717, 1.165) is 6.92 Å². The zero-order valence-corrected chi connectivity index (χ0v) is 14.1. The molecule has 1 N–H and O–H groups in total. The van der Waals surface area contributed by atoms with Crippen molar-refractivity contribution in [2.75, 3.05) is 5.32 Å². The fourth-order valence-corrected chi connectivity index (χ4v) is 2.61. The molecule has 0 unspecified atom stereocenters. The minimum absolute atomic E-state index is 0.230. The van der Waals surface area contributed by atoms with Gasteiger partial charge in [-0.2, -0.15) is 13.2 Å². The summed E-state index contributed by atoms with van der Waals surface area (Å²) in [6.07, 6.45) is -4.53. The smallest absolute Gasteiger partial charge is 0.324 e. The molecule has 0 aliphatic carbocycles. The number of para-hydroxylation sites is 1. The van der Waals surface area contributed by atoms with Gasteiger partial charge in [-0.15, -0.1) is 0 Å². The lowest BCUT2D eigenvalue weighted by molar-refractivity contribution is -0.178. The highest BCUT2D eigenvalue weighted by molar-refractivity contribution is 6.33. The molecule has 2 aromatic carbocycles. The Balaban J connectivity index is 2.36. The molecule has 0 saturated carbocycles. The van der Waals surface area contributed by atoms with Crippen LogP contribution in [0.1, 0.15) is 18.4 Å². The second-order valence-corrected chi connectivity index (χ2v) is 6.17. The van der Waals surface area contributed by atoms with Crippen molar-refractivity contribution < 1.29 is 18.0 Å². The van der Waals surface area contributed by atoms with E-state index in [2.05, 4.69) is 5.32 Å². The number of halogens is 5. The number of alkyl halides is 3. The summed E-state index contributed by atoms with van der Waals surface area (Å²) >= 11 is 11.7. The SMILES string of the molecule is C[C@H]([C@H](C(=O)Nc1ccccc1Cl)c1ccc(Cl)cc1)C(F)(F)F. The van der Waals surface area contributed by atoms with Crippen LogP contribution in [0.15, 0.2) is 48.5 Å². The number of carbonyl (C=O) groups excluding carboxylic acids is 1. The number of hydrogen-bond donors (Lipinski definition) is 1. The minimum Gasteiger partial charge on any atom is -0.324 e. The van der Waals surface area contributed by atoms with E-state index in [1.54, 1.807) is 18.2 Å². The maximum absolute atomic E-state index is 13.2. The van der Waals surface area contributed by atoms with Gasteiger partial charge < -0.3 is 5.32 Å². The number of benzene rings is 2. The molecule has 0 radical (unpaired) electrons. The van der Waals surface area contributed by atoms with Crippen LogP contribution >= 0.6 is 23.2 Å². The van der Waals surface area contributed by atoms with Crippen molar-refractivity contribution in [3.8, 4) is 0 Å². The van der Waals surface area contributed by atoms with Crippen molar-refractivity contribution in [3.05, 3.63) is 64.1 Å². The summed E-state index contributed by atoms with van der Waals surface area (Å²) in [5, 5.41) is 3.10. The Morgan fingerprint density at radius 2 is 1.62 bits per heavy atom. The average Bonchev–Trinajstić information content (AvgIpc) is 2.51. The van der Waals surface area contributed by atoms with E-state index < -0.39 is 23.9 Å². The molecule has 0 spiro atoms. The third kappa shape index (κ3) is 4.42. The van der Waals surface area contributed by atoms with Crippen molar-refractivity contribution in [2.24, 2.45) is 5.92 Å². The van der Waals surface area contributed by atoms with Crippen molar-refractivity contribution in [1.82, 2.24) is 0 Å². The highest BCUT2D eigenvalue weighted by atomic mass is 35.5. The molecule has 2 rings (SSSR count). The van der Waals surface area contributed by atoms with Crippen LogP contribution in [-0.2, 0) is 4.79 Å². The van der Waals surface area contributed by atoms with E-state index in [1.807, 2.05) is 0 Å². The predicted molar refractivity (Wildman–Crippen MR) is 89.5 cm³/mol. The highest BCUT2D eigenvalue weighted by Crippen LogP contribution is 2.38. The number of nitrogens with one attached hydrogen (secondary N) is 1. The molecule has 0 fully saturated rings. The van der Waals surface area contributed by atoms with Crippen LogP contribution in [0.5, 0.6) is 0 Å². The van der Waals surface area contributed by atoms with Crippen LogP contribution in [0, 0.1) is 5.92 Å². The van der Waals surface area contributed by atoms with Gasteiger partial charge in [-0.3, -0.25) is 4.79 Å². The Bertz CT molecular complexity index is 717. The van der Waals surface area contributed by atoms with Crippen LogP contribution in [0.3, 0.4) is 0 Å². The second kappa shape index (κ2) is 7.45. The summed E-state index contributed by atoms with van der Waals surface area (Å²) in [6, 6.07) is 12.1. The Kier molecular flexibility index (Phi) is 5.78. The third-order valence-electron chi connectivity index (χ3n) is 3.66. The zero-order valence-electron chi connectivity index (χ0n) is 12.6. The summed E-state index contributed by atoms with van der Waals surface area (Å²) < 4.78 is 39.6. The zero-order chi connectivity index (χ0) is 17.9. The number of rotatable bonds is 4. The van der Waals surface area contributed by atoms with Crippen LogP contribution in [-0.4, -0.2) is 12.1 Å². The topological polar surface area (TPSA) is 29.1 Å². The maximum atomic E-state index is 13.2. The van der Waals surface area contributed by atoms with Crippen molar-refractivity contribution in [2.45, 2.75) is 19.0 Å². The lowest BCUT2D eigenvalue weighted by Gasteiger charge is -2.26. The maximum Gasteiger partial charge on any atom is 0.392 e. The first-order valence-electron chi connectivity index (χ1n) is 7.07. The van der Waals surface area contributed by atoms with Crippen LogP contribution < -0.4 is 5.32 Å². The molecule has 7 heteroatoms. The first-order valence-corrected chi connectivity index (χ1v) is 7.83. The Morgan fingerprint density at radius 1 is 1.04 bits per heavy atom. The van der Waals surface area contributed by atoms with E-state index in [4.69, 9.17) is 23.2 Å². The van der Waals surface area contributed by atoms with Crippen molar-refractivity contribution >= 4 is 34.8 Å². The van der Waals surface area contributed by atoms with Gasteiger partial charge in [-0.1, -0.05) is 54.4 Å². The van der Waals surface area contributed by atoms with Gasteiger partial charge in [0.25, 0.3) is 0 Å². The predicted octanol–water partition coefficient (Wildman–Crippen LogP) is 5.91. The Labute approximate surface area is 147 Å². The summed E-state index contributed by atoms with van der Waals surface area (Å²) in [5.74, 6) is -4.07. The quantitative estimate of drug-likeness (QED) is 0.706. The summed E-state index contributed by atoms with van der Waals surface area (Å²) in [7, 11) is 0. The van der Waals surface area contributed by atoms with Gasteiger partial charge in [-0.25, -0.2) is 0 Å². The number of carbonyl (C=O) groups is 1. The molecular formula is C17H14Cl2F3NO. The molecule has 2 nitrogen and oxygen atoms in total. The molecule has 2 aromatic rings. The van der Waals surface area contributed by atoms with Crippen LogP contribution in [0.4, 0.5) is 18.9 Å². The molecule has 128 valence electrons. The van der Waals surface area contributed by atoms with Crippen molar-refractivity contribution in [3.63, 3.8) is 0 Å². The van der Waals surface area contributed by atoms with E-state index in [-0.39, 0.29) is 16.3 Å². The summed E-state index contributed by atoms with van der Waals surface area (Å²) in [6.45, 7) is 0.978. The lowest BCUT2D eigenvalue weighted by atomic mass is 9.86. The van der Waals surface area contributed by atoms with E-state index in [9.17, 15) is 18.0 Å². The Hall–Kier alpha value is -1.72. The molecule has 0 aliphatic heterocycles. The number of amides is 1. The molecule has 0 bridgehead atoms. The third-order valence-corrected chi connectivity index (χ3v) is 4.24. The fourth-order valence-electron chi connectivity index (χ4n) is 2.30. The molecule has 0 heterocycles. The first-order chi connectivity index (χ1) is 11.2. The van der Waals surface area contributed by atoms with Gasteiger partial charge in [0.15, 0.2) is 0 Å². The molecule has 24 heavy (non-hydrogen) atoms. The molecular weight excluding hydrogens is 362 g/mol. The van der Waals surface area contributed by atoms with Gasteiger partial charge >= 0.3 is 6.18 Å². The average molecular weight is 376 g/mol. The number of hydrogen-bond acceptors (Lipinski definition) is 1. The van der Waals surface area contributed by atoms with E-state index in [1.165, 1.54) is 30.3 Å². The molecule has 0 saturated heterocycles. The monoisotopic (exact) mass is 375 g/mol. The molecule has 0 aromatic heterocycles. The molecule has 1 amide bonds. The van der Waals surface area contributed by atoms with Gasteiger partial charge in [0.1, 0.15) is 0 Å². The van der Waals surface area contributed by atoms with Crippen molar-refractivity contribution in [1.29, 1.82) is 0 Å². The van der Waals surface area contributed by atoms with Gasteiger partial charge in [-0.05, 0) is 29.8 Å². The minimum atomic E-state index is -4.53. The first kappa shape index (κ1) is 18.6. The summed E-state index contributed by atoms with van der Waals surface area (Å²) in [5.41, 5.74) is 0.492. The normalized spacial score (nSPS) is 14.1. The van der Waals surface area contributed by atoms with E-state index >= 15 is 0 Å². The molecule has 2 atom stereocenters. The molecule has 0 aliphatic rings. The second-order valence-electron chi connectivity index (χ2n) is 5.33. The standard InChI is InChI=1S/C17H14Cl2F3NO/c1-10(17(20,21)22)15(11-6-8-12(18)9-7-11)16(24)23-14-5-3-2-4-13(14)19/h2-10,15H,1H3,(H,23,24)/t10-,15+/m1/s1. The Morgan fingerprint density at radius 3 is 2.17 bits per heavy atom. The van der Waals surface area contributed by atoms with Gasteiger partial charge in [0, 0.05) is 5.02 Å². The van der Waals surface area contributed by atoms with E-state index in [0.29, 0.717) is 5.02 Å². The number of anilines is 1. The van der Waals surface area contributed by atoms with Gasteiger partial charge in [0.2, 0.25) is 5.91 Å². The lowest BCUT2D eigenvalue weighted by Crippen LogP contribution is -2.34. The largest absolute Gasteiger partial charge is 0.392 e. The fraction of sp³-hybridized carbons (Fsp3) is 0.235. The van der Waals surface area contributed by atoms with Crippen LogP contribution in [0.25, 0.3) is 0 Å². The van der Waals surface area contributed by atoms with Gasteiger partial charge in [0.05, 0.1) is 22.5 Å². The summed E-state index contributed by atoms with van der Waals surface area (Å²) in [4.78, 5) is 12.5. The highest BCUT2D eigenvalue weighted by Gasteiger charge is 2.44.